The average molecular weight is 355 g/mol. The third-order valence-electron chi connectivity index (χ3n) is 4.31. The molecule has 1 aliphatic heterocycles. The molecule has 0 amide bonds. The van der Waals surface area contributed by atoms with Crippen LogP contribution < -0.4 is 0 Å². The first-order valence-corrected chi connectivity index (χ1v) is 9.90. The Morgan fingerprint density at radius 3 is 2.69 bits per heavy atom. The first-order valence-electron chi connectivity index (χ1n) is 8.70. The molecule has 2 aromatic rings. The van der Waals surface area contributed by atoms with E-state index in [-0.39, 0.29) is 0 Å². The van der Waals surface area contributed by atoms with Crippen LogP contribution >= 0.6 is 8.58 Å². The number of hydrogen-bond acceptors (Lipinski definition) is 1. The van der Waals surface area contributed by atoms with E-state index < -0.39 is 0 Å². The predicted octanol–water partition coefficient (Wildman–Crippen LogP) is 6.07. The number of hydrogen-bond donors (Lipinski definition) is 0. The molecule has 0 aliphatic carbocycles. The lowest BCUT2D eigenvalue weighted by Crippen LogP contribution is -2.07. The van der Waals surface area contributed by atoms with Gasteiger partial charge in [0.15, 0.2) is 0 Å². The number of benzene rings is 2. The molecule has 26 heavy (non-hydrogen) atoms. The second kappa shape index (κ2) is 8.61. The van der Waals surface area contributed by atoms with Crippen molar-refractivity contribution in [2.45, 2.75) is 13.8 Å². The van der Waals surface area contributed by atoms with Gasteiger partial charge in [0.25, 0.3) is 0 Å². The molecular weight excluding hydrogens is 333 g/mol. The molecule has 0 radical (unpaired) electrons. The molecule has 0 spiro atoms. The summed E-state index contributed by atoms with van der Waals surface area (Å²) < 4.78 is 0. The van der Waals surface area contributed by atoms with Gasteiger partial charge < -0.3 is 0 Å². The van der Waals surface area contributed by atoms with Crippen molar-refractivity contribution < 1.29 is 0 Å². The van der Waals surface area contributed by atoms with Crippen molar-refractivity contribution in [3.63, 3.8) is 0 Å². The molecule has 2 heteroatoms. The SMILES string of the molecule is C#C/C(=C\C=C/C)c1c(C)cccc1C1=NCPC(c2ccccc2)=C1. The molecule has 1 aliphatic rings. The highest BCUT2D eigenvalue weighted by molar-refractivity contribution is 7.50. The van der Waals surface area contributed by atoms with Crippen molar-refractivity contribution in [1.82, 2.24) is 0 Å². The Kier molecular flexibility index (Phi) is 6.00. The minimum absolute atomic E-state index is 0.698. The molecule has 0 bridgehead atoms. The maximum atomic E-state index is 5.83. The van der Waals surface area contributed by atoms with Crippen LogP contribution in [0, 0.1) is 19.3 Å². The number of aliphatic imine (C=N–C) groups is 1. The maximum Gasteiger partial charge on any atom is 0.0664 e. The van der Waals surface area contributed by atoms with Gasteiger partial charge in [0, 0.05) is 16.7 Å². The van der Waals surface area contributed by atoms with E-state index in [2.05, 4.69) is 67.5 Å². The summed E-state index contributed by atoms with van der Waals surface area (Å²) in [6.45, 7) is 4.09. The van der Waals surface area contributed by atoms with Gasteiger partial charge in [-0.2, -0.15) is 0 Å². The van der Waals surface area contributed by atoms with E-state index in [9.17, 15) is 0 Å². The predicted molar refractivity (Wildman–Crippen MR) is 117 cm³/mol. The normalized spacial score (nSPS) is 15.7. The third-order valence-corrected chi connectivity index (χ3v) is 5.44. The largest absolute Gasteiger partial charge is 0.280 e. The number of terminal acetylenes is 1. The zero-order valence-electron chi connectivity index (χ0n) is 15.2. The molecule has 0 aromatic heterocycles. The van der Waals surface area contributed by atoms with E-state index in [0.717, 1.165) is 28.7 Å². The summed E-state index contributed by atoms with van der Waals surface area (Å²) in [4.78, 5) is 4.81. The van der Waals surface area contributed by atoms with Gasteiger partial charge in [0.1, 0.15) is 0 Å². The Morgan fingerprint density at radius 2 is 1.96 bits per heavy atom. The van der Waals surface area contributed by atoms with Gasteiger partial charge >= 0.3 is 0 Å². The molecule has 1 nitrogen and oxygen atoms in total. The van der Waals surface area contributed by atoms with Gasteiger partial charge in [0.2, 0.25) is 0 Å². The quantitative estimate of drug-likeness (QED) is 0.359. The molecular formula is C24H22NP. The fourth-order valence-electron chi connectivity index (χ4n) is 3.04. The number of rotatable bonds is 4. The van der Waals surface area contributed by atoms with Gasteiger partial charge in [-0.05, 0) is 42.4 Å². The first-order chi connectivity index (χ1) is 12.7. The molecule has 0 saturated heterocycles. The van der Waals surface area contributed by atoms with E-state index >= 15 is 0 Å². The molecule has 0 N–H and O–H groups in total. The van der Waals surface area contributed by atoms with Gasteiger partial charge in [0.05, 0.1) is 12.0 Å². The molecule has 2 aromatic carbocycles. The first kappa shape index (κ1) is 18.1. The fraction of sp³-hybridized carbons (Fsp3) is 0.125. The van der Waals surface area contributed by atoms with E-state index in [1.807, 2.05) is 25.2 Å². The van der Waals surface area contributed by atoms with Crippen molar-refractivity contribution in [1.29, 1.82) is 0 Å². The lowest BCUT2D eigenvalue weighted by atomic mass is 9.91. The van der Waals surface area contributed by atoms with Crippen molar-refractivity contribution in [3.05, 3.63) is 95.1 Å². The highest BCUT2D eigenvalue weighted by Gasteiger charge is 2.16. The maximum absolute atomic E-state index is 5.83. The van der Waals surface area contributed by atoms with Crippen molar-refractivity contribution in [2.75, 3.05) is 6.29 Å². The lowest BCUT2D eigenvalue weighted by Gasteiger charge is -2.18. The fourth-order valence-corrected chi connectivity index (χ4v) is 4.07. The summed E-state index contributed by atoms with van der Waals surface area (Å²) in [6, 6.07) is 16.8. The second-order valence-electron chi connectivity index (χ2n) is 6.05. The highest BCUT2D eigenvalue weighted by Crippen LogP contribution is 2.37. The third kappa shape index (κ3) is 3.93. The van der Waals surface area contributed by atoms with Crippen LogP contribution in [-0.2, 0) is 0 Å². The van der Waals surface area contributed by atoms with Crippen LogP contribution in [0.3, 0.4) is 0 Å². The topological polar surface area (TPSA) is 12.4 Å². The Bertz CT molecular complexity index is 953. The molecule has 3 rings (SSSR count). The Morgan fingerprint density at radius 1 is 1.15 bits per heavy atom. The van der Waals surface area contributed by atoms with E-state index in [1.165, 1.54) is 16.4 Å². The highest BCUT2D eigenvalue weighted by atomic mass is 31.1. The molecule has 1 atom stereocenters. The van der Waals surface area contributed by atoms with Crippen LogP contribution in [-0.4, -0.2) is 12.0 Å². The minimum atomic E-state index is 0.698. The Hall–Kier alpha value is -2.68. The molecule has 1 unspecified atom stereocenters. The molecule has 0 fully saturated rings. The lowest BCUT2D eigenvalue weighted by molar-refractivity contribution is 1.34. The minimum Gasteiger partial charge on any atom is -0.280 e. The molecule has 0 saturated carbocycles. The summed E-state index contributed by atoms with van der Waals surface area (Å²) in [5.74, 6) is 2.85. The molecule has 128 valence electrons. The zero-order valence-corrected chi connectivity index (χ0v) is 16.2. The van der Waals surface area contributed by atoms with E-state index in [4.69, 9.17) is 11.4 Å². The summed E-state index contributed by atoms with van der Waals surface area (Å²) >= 11 is 0. The summed E-state index contributed by atoms with van der Waals surface area (Å²) in [6.07, 6.45) is 14.8. The number of nitrogens with zero attached hydrogens (tertiary/aromatic N) is 1. The Balaban J connectivity index is 2.10. The van der Waals surface area contributed by atoms with Gasteiger partial charge in [-0.15, -0.1) is 6.42 Å². The van der Waals surface area contributed by atoms with Gasteiger partial charge in [-0.25, -0.2) is 0 Å². The summed E-state index contributed by atoms with van der Waals surface area (Å²) in [7, 11) is 0.698. The van der Waals surface area contributed by atoms with Crippen LogP contribution in [0.25, 0.3) is 10.9 Å². The van der Waals surface area contributed by atoms with E-state index in [0.29, 0.717) is 8.58 Å². The smallest absolute Gasteiger partial charge is 0.0664 e. The summed E-state index contributed by atoms with van der Waals surface area (Å²) in [5.41, 5.74) is 6.55. The van der Waals surface area contributed by atoms with Crippen molar-refractivity contribution in [3.8, 4) is 12.3 Å². The standard InChI is InChI=1S/C24H22NP/c1-4-6-12-19(5-2)24-18(3)11-10-15-21(24)22-16-23(26-17-25-22)20-13-8-7-9-14-20/h2,4,6-16,26H,17H2,1,3H3/b6-4-,19-12+. The zero-order chi connectivity index (χ0) is 18.4. The van der Waals surface area contributed by atoms with Crippen LogP contribution in [0.2, 0.25) is 0 Å². The molecule has 1 heterocycles. The van der Waals surface area contributed by atoms with Crippen molar-refractivity contribution in [2.24, 2.45) is 4.99 Å². The van der Waals surface area contributed by atoms with Crippen LogP contribution in [0.4, 0.5) is 0 Å². The van der Waals surface area contributed by atoms with Crippen LogP contribution in [0.15, 0.2) is 77.8 Å². The van der Waals surface area contributed by atoms with Crippen LogP contribution in [0.5, 0.6) is 0 Å². The van der Waals surface area contributed by atoms with Gasteiger partial charge in [-0.1, -0.05) is 75.2 Å². The Labute approximate surface area is 158 Å². The monoisotopic (exact) mass is 355 g/mol. The van der Waals surface area contributed by atoms with Crippen molar-refractivity contribution >= 4 is 25.2 Å². The van der Waals surface area contributed by atoms with E-state index in [1.54, 1.807) is 0 Å². The number of allylic oxidation sites excluding steroid dienone is 5. The van der Waals surface area contributed by atoms with Gasteiger partial charge in [-0.3, -0.25) is 4.99 Å². The second-order valence-corrected chi connectivity index (χ2v) is 7.26. The van der Waals surface area contributed by atoms with Crippen LogP contribution in [0.1, 0.15) is 29.2 Å². The average Bonchev–Trinajstić information content (AvgIpc) is 2.70. The summed E-state index contributed by atoms with van der Waals surface area (Å²) in [5, 5.41) is 1.35. The number of aryl methyl sites for hydroxylation is 1.